The quantitative estimate of drug-likeness (QED) is 0.448. The molecule has 0 bridgehead atoms. The van der Waals surface area contributed by atoms with E-state index in [0.29, 0.717) is 12.8 Å². The summed E-state index contributed by atoms with van der Waals surface area (Å²) in [5, 5.41) is 0. The molecule has 0 aliphatic heterocycles. The Morgan fingerprint density at radius 2 is 1.10 bits per heavy atom. The Balaban J connectivity index is 1.86. The van der Waals surface area contributed by atoms with Gasteiger partial charge in [-0.25, -0.2) is 0 Å². The maximum absolute atomic E-state index is 14.4. The van der Waals surface area contributed by atoms with Crippen molar-refractivity contribution in [1.82, 2.24) is 0 Å². The second-order valence-corrected chi connectivity index (χ2v) is 13.8. The summed E-state index contributed by atoms with van der Waals surface area (Å²) in [6.07, 6.45) is 11.9. The van der Waals surface area contributed by atoms with Crippen molar-refractivity contribution in [2.75, 3.05) is 0 Å². The second-order valence-electron chi connectivity index (χ2n) is 6.62. The van der Waals surface area contributed by atoms with Crippen molar-refractivity contribution in [3.63, 3.8) is 0 Å². The summed E-state index contributed by atoms with van der Waals surface area (Å²) in [6.45, 7) is 0. The molecule has 0 heterocycles. The fraction of sp³-hybridized carbons (Fsp3) is 0.0909. The monoisotopic (exact) mass is 478 g/mol. The minimum atomic E-state index is -4.74. The molecule has 2 aromatic rings. The van der Waals surface area contributed by atoms with E-state index in [1.54, 1.807) is 24.3 Å². The van der Waals surface area contributed by atoms with Crippen LogP contribution in [0.1, 0.15) is 12.8 Å². The Morgan fingerprint density at radius 3 is 1.48 bits per heavy atom. The zero-order valence-electron chi connectivity index (χ0n) is 15.2. The first-order chi connectivity index (χ1) is 14.0. The molecule has 0 saturated heterocycles. The van der Waals surface area contributed by atoms with E-state index < -0.39 is 44.4 Å². The molecular formula is C22H16F4O2Zr. The van der Waals surface area contributed by atoms with Gasteiger partial charge in [0.05, 0.1) is 0 Å². The average molecular weight is 480 g/mol. The van der Waals surface area contributed by atoms with E-state index in [0.717, 1.165) is 43.0 Å². The van der Waals surface area contributed by atoms with Gasteiger partial charge in [0.2, 0.25) is 0 Å². The summed E-state index contributed by atoms with van der Waals surface area (Å²) >= 11 is -4.74. The molecule has 0 amide bonds. The Morgan fingerprint density at radius 1 is 0.655 bits per heavy atom. The van der Waals surface area contributed by atoms with E-state index in [1.807, 2.05) is 12.2 Å². The fourth-order valence-electron chi connectivity index (χ4n) is 3.29. The van der Waals surface area contributed by atoms with E-state index >= 15 is 0 Å². The van der Waals surface area contributed by atoms with Crippen LogP contribution in [0.25, 0.3) is 0 Å². The van der Waals surface area contributed by atoms with Crippen LogP contribution in [0.3, 0.4) is 0 Å². The normalized spacial score (nSPS) is 15.4. The molecular weight excluding hydrogens is 463 g/mol. The zero-order chi connectivity index (χ0) is 20.4. The summed E-state index contributed by atoms with van der Waals surface area (Å²) in [5.41, 5.74) is 0. The van der Waals surface area contributed by atoms with Crippen LogP contribution in [0.5, 0.6) is 11.5 Å². The summed E-state index contributed by atoms with van der Waals surface area (Å²) in [6, 6.07) is 5.79. The Bertz CT molecular complexity index is 987. The van der Waals surface area contributed by atoms with Crippen molar-refractivity contribution in [3.05, 3.63) is 103 Å². The molecule has 0 aromatic heterocycles. The molecule has 7 heteroatoms. The van der Waals surface area contributed by atoms with Gasteiger partial charge >= 0.3 is 171 Å². The third-order valence-electron chi connectivity index (χ3n) is 4.68. The Hall–Kier alpha value is -2.40. The van der Waals surface area contributed by atoms with Gasteiger partial charge < -0.3 is 0 Å². The second kappa shape index (κ2) is 8.15. The minimum absolute atomic E-state index is 0.307. The molecule has 0 unspecified atom stereocenters. The van der Waals surface area contributed by atoms with Crippen LogP contribution in [0, 0.1) is 23.3 Å². The van der Waals surface area contributed by atoms with Crippen LogP contribution in [0.2, 0.25) is 0 Å². The molecule has 0 saturated carbocycles. The molecule has 2 aliphatic carbocycles. The van der Waals surface area contributed by atoms with Crippen LogP contribution in [0.4, 0.5) is 17.6 Å². The van der Waals surface area contributed by atoms with Crippen LogP contribution >= 0.6 is 0 Å². The van der Waals surface area contributed by atoms with Gasteiger partial charge in [-0.05, 0) is 0 Å². The van der Waals surface area contributed by atoms with E-state index in [2.05, 4.69) is 0 Å². The fourth-order valence-corrected chi connectivity index (χ4v) is 11.4. The van der Waals surface area contributed by atoms with E-state index in [9.17, 15) is 17.6 Å². The summed E-state index contributed by atoms with van der Waals surface area (Å²) < 4.78 is 70.3. The third-order valence-corrected chi connectivity index (χ3v) is 13.2. The SMILES string of the molecule is Fc1ccc(F)c([O][Zr]([O]c2cc(F)ccc2F)([C]2=CC=CC2)[C]2=CC=CC2)c1. The molecule has 0 spiro atoms. The summed E-state index contributed by atoms with van der Waals surface area (Å²) in [7, 11) is 0. The van der Waals surface area contributed by atoms with E-state index in [-0.39, 0.29) is 11.5 Å². The van der Waals surface area contributed by atoms with Crippen LogP contribution in [-0.4, -0.2) is 0 Å². The van der Waals surface area contributed by atoms with Crippen LogP contribution < -0.4 is 5.63 Å². The first kappa shape index (κ1) is 19.9. The molecule has 2 nitrogen and oxygen atoms in total. The van der Waals surface area contributed by atoms with Crippen LogP contribution in [-0.2, 0) is 21.1 Å². The molecule has 0 radical (unpaired) electrons. The van der Waals surface area contributed by atoms with Gasteiger partial charge in [0, 0.05) is 0 Å². The average Bonchev–Trinajstić information content (AvgIpc) is 3.41. The summed E-state index contributed by atoms with van der Waals surface area (Å²) in [5.74, 6) is -3.47. The maximum atomic E-state index is 14.4. The van der Waals surface area contributed by atoms with Gasteiger partial charge in [-0.2, -0.15) is 0 Å². The molecule has 29 heavy (non-hydrogen) atoms. The summed E-state index contributed by atoms with van der Waals surface area (Å²) in [4.78, 5) is 0. The van der Waals surface area contributed by atoms with Gasteiger partial charge in [-0.3, -0.25) is 0 Å². The van der Waals surface area contributed by atoms with Crippen molar-refractivity contribution < 1.29 is 44.3 Å². The first-order valence-corrected chi connectivity index (χ1v) is 13.4. The van der Waals surface area contributed by atoms with Crippen molar-refractivity contribution in [2.24, 2.45) is 0 Å². The standard InChI is InChI=1S/2C6H4F2O.2C5H5.Zr/c2*7-4-1-2-5(8)6(9)3-4;2*1-2-4-5-3-1;/h2*1-3,9H;2*1-3H,4H2;/q;;;;+2/p-2. The van der Waals surface area contributed by atoms with Gasteiger partial charge in [0.1, 0.15) is 0 Å². The number of halogens is 4. The third kappa shape index (κ3) is 4.02. The molecule has 0 fully saturated rings. The predicted molar refractivity (Wildman–Crippen MR) is 97.7 cm³/mol. The Labute approximate surface area is 171 Å². The van der Waals surface area contributed by atoms with E-state index in [4.69, 9.17) is 5.63 Å². The molecule has 0 atom stereocenters. The van der Waals surface area contributed by atoms with Gasteiger partial charge in [-0.15, -0.1) is 0 Å². The molecule has 4 rings (SSSR count). The van der Waals surface area contributed by atoms with Crippen molar-refractivity contribution in [3.8, 4) is 11.5 Å². The topological polar surface area (TPSA) is 18.5 Å². The molecule has 2 aromatic carbocycles. The molecule has 2 aliphatic rings. The van der Waals surface area contributed by atoms with Crippen molar-refractivity contribution in [1.29, 1.82) is 0 Å². The van der Waals surface area contributed by atoms with Gasteiger partial charge in [0.25, 0.3) is 0 Å². The zero-order valence-corrected chi connectivity index (χ0v) is 17.6. The molecule has 148 valence electrons. The van der Waals surface area contributed by atoms with Crippen LogP contribution in [0.15, 0.2) is 79.4 Å². The number of rotatable bonds is 6. The number of hydrogen-bond donors (Lipinski definition) is 0. The van der Waals surface area contributed by atoms with Crippen molar-refractivity contribution in [2.45, 2.75) is 12.8 Å². The Kier molecular flexibility index (Phi) is 5.59. The molecule has 0 N–H and O–H groups in total. The van der Waals surface area contributed by atoms with Gasteiger partial charge in [-0.1, -0.05) is 0 Å². The van der Waals surface area contributed by atoms with Gasteiger partial charge in [0.15, 0.2) is 0 Å². The first-order valence-electron chi connectivity index (χ1n) is 8.98. The predicted octanol–water partition coefficient (Wildman–Crippen LogP) is 6.37. The van der Waals surface area contributed by atoms with E-state index in [1.165, 1.54) is 0 Å². The number of benzene rings is 2. The van der Waals surface area contributed by atoms with Crippen molar-refractivity contribution >= 4 is 0 Å². The number of hydrogen-bond acceptors (Lipinski definition) is 2. The number of allylic oxidation sites excluding steroid dienone is 8.